The molecule has 0 aliphatic carbocycles. The minimum Gasteiger partial charge on any atom is -0.497 e. The molecule has 0 aliphatic heterocycles. The quantitative estimate of drug-likeness (QED) is 0.234. The van der Waals surface area contributed by atoms with Crippen molar-refractivity contribution in [2.24, 2.45) is 0 Å². The van der Waals surface area contributed by atoms with Crippen LogP contribution in [0, 0.1) is 0 Å². The lowest BCUT2D eigenvalue weighted by Crippen LogP contribution is -1.92. The third kappa shape index (κ3) is 5.09. The predicted octanol–water partition coefficient (Wildman–Crippen LogP) is 7.41. The van der Waals surface area contributed by atoms with Gasteiger partial charge in [0.25, 0.3) is 0 Å². The molecule has 5 heteroatoms. The highest BCUT2D eigenvalue weighted by Crippen LogP contribution is 2.42. The molecule has 0 fully saturated rings. The first-order valence-electron chi connectivity index (χ1n) is 8.23. The van der Waals surface area contributed by atoms with Gasteiger partial charge in [-0.15, -0.1) is 0 Å². The topological polar surface area (TPSA) is 18.5 Å². The van der Waals surface area contributed by atoms with E-state index in [2.05, 4.69) is 81.0 Å². The minimum absolute atomic E-state index is 0.850. The Morgan fingerprint density at radius 1 is 0.815 bits per heavy atom. The molecule has 0 aromatic heterocycles. The molecule has 138 valence electrons. The van der Waals surface area contributed by atoms with E-state index in [1.807, 2.05) is 30.3 Å². The monoisotopic (exact) mass is 552 g/mol. The third-order valence-corrected chi connectivity index (χ3v) is 6.77. The molecular weight excluding hydrogens is 535 g/mol. The molecule has 0 atom stereocenters. The summed E-state index contributed by atoms with van der Waals surface area (Å²) in [4.78, 5) is 1.17. The van der Waals surface area contributed by atoms with Crippen molar-refractivity contribution >= 4 is 55.9 Å². The molecule has 3 rings (SSSR count). The van der Waals surface area contributed by atoms with E-state index in [0.717, 1.165) is 27.1 Å². The van der Waals surface area contributed by atoms with Gasteiger partial charge in [-0.1, -0.05) is 58.0 Å². The third-order valence-electron chi connectivity index (χ3n) is 3.99. The van der Waals surface area contributed by atoms with Crippen molar-refractivity contribution < 1.29 is 9.47 Å². The Kier molecular flexibility index (Phi) is 7.26. The number of thioether (sulfide) groups is 1. The number of benzene rings is 3. The normalized spacial score (nSPS) is 11.7. The fourth-order valence-electron chi connectivity index (χ4n) is 2.59. The van der Waals surface area contributed by atoms with Gasteiger partial charge < -0.3 is 9.47 Å². The standard InChI is InChI=1S/C22H18BrIO2S/c1-25-16-9-7-15(8-10-16)21(19-5-3-4-6-20(19)23)22(24)27-18-13-11-17(26-2)12-14-18/h3-14H,1-2H3/b22-21-. The molecule has 2 nitrogen and oxygen atoms in total. The van der Waals surface area contributed by atoms with Crippen LogP contribution in [-0.4, -0.2) is 14.2 Å². The van der Waals surface area contributed by atoms with Crippen molar-refractivity contribution in [3.05, 3.63) is 91.3 Å². The number of halogens is 2. The van der Waals surface area contributed by atoms with Crippen molar-refractivity contribution in [1.82, 2.24) is 0 Å². The minimum atomic E-state index is 0.850. The maximum absolute atomic E-state index is 5.31. The van der Waals surface area contributed by atoms with E-state index >= 15 is 0 Å². The fraction of sp³-hybridized carbons (Fsp3) is 0.0909. The average Bonchev–Trinajstić information content (AvgIpc) is 2.71. The van der Waals surface area contributed by atoms with Crippen LogP contribution in [0.2, 0.25) is 0 Å². The van der Waals surface area contributed by atoms with Crippen LogP contribution in [0.4, 0.5) is 0 Å². The van der Waals surface area contributed by atoms with E-state index in [0.29, 0.717) is 0 Å². The predicted molar refractivity (Wildman–Crippen MR) is 126 cm³/mol. The van der Waals surface area contributed by atoms with E-state index in [9.17, 15) is 0 Å². The molecule has 0 saturated heterocycles. The van der Waals surface area contributed by atoms with Crippen molar-refractivity contribution in [2.45, 2.75) is 4.90 Å². The van der Waals surface area contributed by atoms with Crippen molar-refractivity contribution in [3.8, 4) is 11.5 Å². The van der Waals surface area contributed by atoms with E-state index in [-0.39, 0.29) is 0 Å². The zero-order valence-corrected chi connectivity index (χ0v) is 19.5. The van der Waals surface area contributed by atoms with Crippen LogP contribution in [0.15, 0.2) is 85.1 Å². The lowest BCUT2D eigenvalue weighted by Gasteiger charge is -2.14. The second-order valence-electron chi connectivity index (χ2n) is 5.63. The molecule has 0 spiro atoms. The Balaban J connectivity index is 2.06. The molecule has 3 aromatic rings. The maximum atomic E-state index is 5.31. The summed E-state index contributed by atoms with van der Waals surface area (Å²) < 4.78 is 12.8. The summed E-state index contributed by atoms with van der Waals surface area (Å²) in [6.45, 7) is 0. The van der Waals surface area contributed by atoms with Gasteiger partial charge in [0, 0.05) is 14.9 Å². The number of hydrogen-bond donors (Lipinski definition) is 0. The van der Waals surface area contributed by atoms with Crippen LogP contribution in [0.1, 0.15) is 11.1 Å². The Morgan fingerprint density at radius 2 is 1.37 bits per heavy atom. The zero-order valence-electron chi connectivity index (χ0n) is 14.9. The number of rotatable bonds is 6. The van der Waals surface area contributed by atoms with Crippen LogP contribution in [0.25, 0.3) is 5.57 Å². The molecule has 0 amide bonds. The van der Waals surface area contributed by atoms with Crippen molar-refractivity contribution in [1.29, 1.82) is 0 Å². The van der Waals surface area contributed by atoms with E-state index in [1.54, 1.807) is 26.0 Å². The zero-order chi connectivity index (χ0) is 19.2. The highest BCUT2D eigenvalue weighted by Gasteiger charge is 2.14. The second-order valence-corrected chi connectivity index (χ2v) is 9.38. The van der Waals surface area contributed by atoms with Gasteiger partial charge >= 0.3 is 0 Å². The lowest BCUT2D eigenvalue weighted by molar-refractivity contribution is 0.414. The molecular formula is C22H18BrIO2S. The van der Waals surface area contributed by atoms with E-state index < -0.39 is 0 Å². The maximum Gasteiger partial charge on any atom is 0.118 e. The molecule has 0 N–H and O–H groups in total. The van der Waals surface area contributed by atoms with E-state index in [1.165, 1.54) is 13.4 Å². The largest absolute Gasteiger partial charge is 0.497 e. The Labute approximate surface area is 186 Å². The average molecular weight is 553 g/mol. The van der Waals surface area contributed by atoms with Crippen LogP contribution >= 0.6 is 50.3 Å². The van der Waals surface area contributed by atoms with Crippen LogP contribution in [0.5, 0.6) is 11.5 Å². The summed E-state index contributed by atoms with van der Waals surface area (Å²) in [5.41, 5.74) is 3.49. The van der Waals surface area contributed by atoms with Gasteiger partial charge in [0.05, 0.1) is 17.1 Å². The van der Waals surface area contributed by atoms with E-state index in [4.69, 9.17) is 9.47 Å². The molecule has 0 saturated carbocycles. The summed E-state index contributed by atoms with van der Waals surface area (Å²) in [5.74, 6) is 1.71. The second kappa shape index (κ2) is 9.66. The fourth-order valence-corrected chi connectivity index (χ4v) is 5.25. The molecule has 0 bridgehead atoms. The Hall–Kier alpha value is -1.44. The first kappa shape index (κ1) is 20.3. The number of methoxy groups -OCH3 is 2. The lowest BCUT2D eigenvalue weighted by atomic mass is 9.99. The highest BCUT2D eigenvalue weighted by molar-refractivity contribution is 14.1. The molecule has 0 unspecified atom stereocenters. The summed E-state index contributed by atoms with van der Waals surface area (Å²) in [6.07, 6.45) is 0. The molecule has 3 aromatic carbocycles. The SMILES string of the molecule is COc1ccc(S/C(I)=C(/c2ccc(OC)cc2)c2ccccc2Br)cc1. The first-order valence-corrected chi connectivity index (χ1v) is 10.9. The van der Waals surface area contributed by atoms with Gasteiger partial charge in [0.1, 0.15) is 11.5 Å². The summed E-state index contributed by atoms with van der Waals surface area (Å²) >= 11 is 7.87. The van der Waals surface area contributed by atoms with Gasteiger partial charge in [-0.3, -0.25) is 0 Å². The van der Waals surface area contributed by atoms with Crippen molar-refractivity contribution in [3.63, 3.8) is 0 Å². The van der Waals surface area contributed by atoms with Crippen LogP contribution in [0.3, 0.4) is 0 Å². The van der Waals surface area contributed by atoms with Gasteiger partial charge in [-0.2, -0.15) is 0 Å². The molecule has 0 heterocycles. The highest BCUT2D eigenvalue weighted by atomic mass is 127. The van der Waals surface area contributed by atoms with Crippen molar-refractivity contribution in [2.75, 3.05) is 14.2 Å². The molecule has 27 heavy (non-hydrogen) atoms. The smallest absolute Gasteiger partial charge is 0.118 e. The van der Waals surface area contributed by atoms with Gasteiger partial charge in [-0.25, -0.2) is 0 Å². The summed E-state index contributed by atoms with van der Waals surface area (Å²) in [5, 5.41) is 0. The Morgan fingerprint density at radius 3 is 1.93 bits per heavy atom. The number of hydrogen-bond acceptors (Lipinski definition) is 3. The van der Waals surface area contributed by atoms with Gasteiger partial charge in [0.15, 0.2) is 0 Å². The van der Waals surface area contributed by atoms with Crippen LogP contribution < -0.4 is 9.47 Å². The summed E-state index contributed by atoms with van der Waals surface area (Å²) in [7, 11) is 3.36. The first-order chi connectivity index (χ1) is 13.1. The molecule has 0 aliphatic rings. The van der Waals surface area contributed by atoms with Crippen LogP contribution in [-0.2, 0) is 0 Å². The molecule has 0 radical (unpaired) electrons. The number of ether oxygens (including phenoxy) is 2. The Bertz CT molecular complexity index is 937. The van der Waals surface area contributed by atoms with Gasteiger partial charge in [-0.05, 0) is 76.2 Å². The van der Waals surface area contributed by atoms with Gasteiger partial charge in [0.2, 0.25) is 0 Å². The summed E-state index contributed by atoms with van der Waals surface area (Å²) in [6, 6.07) is 24.6.